The number of furan rings is 1. The Hall–Kier alpha value is -1.26. The summed E-state index contributed by atoms with van der Waals surface area (Å²) in [6.45, 7) is 5.73. The molecule has 0 fully saturated rings. The molecule has 0 radical (unpaired) electrons. The molecule has 0 bridgehead atoms. The Morgan fingerprint density at radius 3 is 2.90 bits per heavy atom. The first-order valence-electron chi connectivity index (χ1n) is 6.92. The summed E-state index contributed by atoms with van der Waals surface area (Å²) in [4.78, 5) is 0. The van der Waals surface area contributed by atoms with E-state index >= 15 is 0 Å². The number of rotatable bonds is 4. The fourth-order valence-corrected chi connectivity index (χ4v) is 3.26. The minimum absolute atomic E-state index is 0.0989. The molecule has 0 amide bonds. The van der Waals surface area contributed by atoms with Gasteiger partial charge in [0.25, 0.3) is 0 Å². The lowest BCUT2D eigenvalue weighted by molar-refractivity contribution is 0.350. The summed E-state index contributed by atoms with van der Waals surface area (Å²) in [5, 5.41) is 3.52. The summed E-state index contributed by atoms with van der Waals surface area (Å²) in [7, 11) is 0. The van der Waals surface area contributed by atoms with Crippen LogP contribution in [-0.2, 0) is 6.42 Å². The van der Waals surface area contributed by atoms with Gasteiger partial charge in [-0.3, -0.25) is 0 Å². The maximum Gasteiger partial charge on any atom is 0.127 e. The molecule has 1 aliphatic rings. The van der Waals surface area contributed by atoms with Gasteiger partial charge in [0.15, 0.2) is 0 Å². The van der Waals surface area contributed by atoms with Crippen molar-refractivity contribution < 1.29 is 9.15 Å². The minimum atomic E-state index is 0.0989. The van der Waals surface area contributed by atoms with Crippen LogP contribution in [0.2, 0.25) is 0 Å². The third kappa shape index (κ3) is 2.50. The van der Waals surface area contributed by atoms with Crippen molar-refractivity contribution in [2.24, 2.45) is 0 Å². The molecule has 20 heavy (non-hydrogen) atoms. The first-order valence-corrected chi connectivity index (χ1v) is 7.72. The van der Waals surface area contributed by atoms with E-state index in [0.29, 0.717) is 0 Å². The highest BCUT2D eigenvalue weighted by atomic mass is 79.9. The normalized spacial score (nSPS) is 14.9. The van der Waals surface area contributed by atoms with E-state index in [9.17, 15) is 0 Å². The number of aryl methyl sites for hydroxylation is 1. The Labute approximate surface area is 127 Å². The summed E-state index contributed by atoms with van der Waals surface area (Å²) in [6.07, 6.45) is 2.80. The lowest BCUT2D eigenvalue weighted by Crippen LogP contribution is -2.22. The summed E-state index contributed by atoms with van der Waals surface area (Å²) >= 11 is 3.61. The highest BCUT2D eigenvalue weighted by Gasteiger charge is 2.24. The average Bonchev–Trinajstić information content (AvgIpc) is 3.03. The van der Waals surface area contributed by atoms with E-state index in [-0.39, 0.29) is 6.04 Å². The summed E-state index contributed by atoms with van der Waals surface area (Å²) < 4.78 is 12.4. The summed E-state index contributed by atoms with van der Waals surface area (Å²) in [5.74, 6) is 1.95. The Morgan fingerprint density at radius 1 is 1.35 bits per heavy atom. The second kappa shape index (κ2) is 5.62. The number of ether oxygens (including phenoxy) is 1. The van der Waals surface area contributed by atoms with Crippen LogP contribution in [0.5, 0.6) is 5.75 Å². The van der Waals surface area contributed by atoms with Crippen molar-refractivity contribution in [3.63, 3.8) is 0 Å². The topological polar surface area (TPSA) is 34.4 Å². The number of nitrogens with one attached hydrogen (secondary N) is 1. The number of fused-ring (bicyclic) bond motifs is 1. The van der Waals surface area contributed by atoms with Gasteiger partial charge in [-0.1, -0.05) is 22.9 Å². The van der Waals surface area contributed by atoms with Crippen molar-refractivity contribution in [1.29, 1.82) is 0 Å². The van der Waals surface area contributed by atoms with Crippen LogP contribution < -0.4 is 10.1 Å². The number of halogens is 1. The van der Waals surface area contributed by atoms with Gasteiger partial charge in [0.2, 0.25) is 0 Å². The minimum Gasteiger partial charge on any atom is -0.493 e. The van der Waals surface area contributed by atoms with Gasteiger partial charge in [-0.05, 0) is 37.2 Å². The van der Waals surface area contributed by atoms with Crippen molar-refractivity contribution in [3.8, 4) is 5.75 Å². The van der Waals surface area contributed by atoms with Crippen LogP contribution in [-0.4, -0.2) is 13.2 Å². The van der Waals surface area contributed by atoms with E-state index in [1.807, 2.05) is 13.2 Å². The molecule has 0 saturated carbocycles. The Bertz CT molecular complexity index is 621. The quantitative estimate of drug-likeness (QED) is 0.917. The van der Waals surface area contributed by atoms with Crippen LogP contribution in [0.1, 0.15) is 35.4 Å². The van der Waals surface area contributed by atoms with Crippen molar-refractivity contribution in [2.45, 2.75) is 26.3 Å². The fraction of sp³-hybridized carbons (Fsp3) is 0.375. The standard InChI is InChI=1S/C16H18BrNO2/c1-3-18-15(12-6-10(2)20-9-12)14-8-13(17)7-11-4-5-19-16(11)14/h6-9,15,18H,3-5H2,1-2H3. The van der Waals surface area contributed by atoms with Gasteiger partial charge in [0, 0.05) is 22.0 Å². The first kappa shape index (κ1) is 13.7. The number of hydrogen-bond acceptors (Lipinski definition) is 3. The third-order valence-electron chi connectivity index (χ3n) is 3.58. The largest absolute Gasteiger partial charge is 0.493 e. The van der Waals surface area contributed by atoms with Crippen molar-refractivity contribution in [3.05, 3.63) is 51.4 Å². The van der Waals surface area contributed by atoms with E-state index in [1.165, 1.54) is 11.1 Å². The maximum atomic E-state index is 5.85. The molecule has 1 unspecified atom stereocenters. The van der Waals surface area contributed by atoms with Gasteiger partial charge >= 0.3 is 0 Å². The van der Waals surface area contributed by atoms with E-state index < -0.39 is 0 Å². The molecule has 1 atom stereocenters. The van der Waals surface area contributed by atoms with Gasteiger partial charge in [-0.25, -0.2) is 0 Å². The Morgan fingerprint density at radius 2 is 2.20 bits per heavy atom. The zero-order chi connectivity index (χ0) is 14.1. The van der Waals surface area contributed by atoms with E-state index in [0.717, 1.165) is 41.1 Å². The SMILES string of the molecule is CCNC(c1coc(C)c1)c1cc(Br)cc2c1OCC2. The molecule has 106 valence electrons. The van der Waals surface area contributed by atoms with E-state index in [1.54, 1.807) is 0 Å². The fourth-order valence-electron chi connectivity index (χ4n) is 2.74. The third-order valence-corrected chi connectivity index (χ3v) is 4.04. The first-order chi connectivity index (χ1) is 9.69. The van der Waals surface area contributed by atoms with Gasteiger partial charge in [-0.15, -0.1) is 0 Å². The molecule has 1 aromatic heterocycles. The summed E-state index contributed by atoms with van der Waals surface area (Å²) in [5.41, 5.74) is 3.59. The van der Waals surface area contributed by atoms with Crippen molar-refractivity contribution in [2.75, 3.05) is 13.2 Å². The number of benzene rings is 1. The Balaban J connectivity index is 2.08. The lowest BCUT2D eigenvalue weighted by atomic mass is 9.97. The Kier molecular flexibility index (Phi) is 3.85. The van der Waals surface area contributed by atoms with Gasteiger partial charge in [0.1, 0.15) is 11.5 Å². The van der Waals surface area contributed by atoms with Crippen LogP contribution in [0.25, 0.3) is 0 Å². The molecule has 3 rings (SSSR count). The monoisotopic (exact) mass is 335 g/mol. The molecule has 1 aromatic carbocycles. The lowest BCUT2D eigenvalue weighted by Gasteiger charge is -2.20. The van der Waals surface area contributed by atoms with Crippen LogP contribution in [0.3, 0.4) is 0 Å². The van der Waals surface area contributed by atoms with E-state index in [2.05, 4.69) is 46.4 Å². The van der Waals surface area contributed by atoms with Gasteiger partial charge < -0.3 is 14.5 Å². The van der Waals surface area contributed by atoms with Crippen molar-refractivity contribution >= 4 is 15.9 Å². The smallest absolute Gasteiger partial charge is 0.127 e. The van der Waals surface area contributed by atoms with Crippen molar-refractivity contribution in [1.82, 2.24) is 5.32 Å². The predicted octanol–water partition coefficient (Wildman–Crippen LogP) is 3.98. The molecular weight excluding hydrogens is 318 g/mol. The second-order valence-corrected chi connectivity index (χ2v) is 5.98. The molecule has 0 saturated heterocycles. The van der Waals surface area contributed by atoms with Crippen LogP contribution in [0, 0.1) is 6.92 Å². The molecule has 1 N–H and O–H groups in total. The molecule has 4 heteroatoms. The molecular formula is C16H18BrNO2. The highest BCUT2D eigenvalue weighted by molar-refractivity contribution is 9.10. The zero-order valence-electron chi connectivity index (χ0n) is 11.7. The average molecular weight is 336 g/mol. The van der Waals surface area contributed by atoms with Gasteiger partial charge in [-0.2, -0.15) is 0 Å². The molecule has 1 aliphatic heterocycles. The van der Waals surface area contributed by atoms with Crippen LogP contribution in [0.15, 0.2) is 33.4 Å². The maximum absolute atomic E-state index is 5.85. The molecule has 0 aliphatic carbocycles. The molecule has 0 spiro atoms. The second-order valence-electron chi connectivity index (χ2n) is 5.06. The van der Waals surface area contributed by atoms with E-state index in [4.69, 9.17) is 9.15 Å². The highest BCUT2D eigenvalue weighted by Crippen LogP contribution is 2.39. The van der Waals surface area contributed by atoms with Crippen LogP contribution in [0.4, 0.5) is 0 Å². The number of hydrogen-bond donors (Lipinski definition) is 1. The van der Waals surface area contributed by atoms with Gasteiger partial charge in [0.05, 0.1) is 18.9 Å². The molecule has 3 nitrogen and oxygen atoms in total. The predicted molar refractivity (Wildman–Crippen MR) is 82.3 cm³/mol. The zero-order valence-corrected chi connectivity index (χ0v) is 13.3. The molecule has 2 aromatic rings. The molecule has 2 heterocycles. The van der Waals surface area contributed by atoms with Crippen LogP contribution >= 0.6 is 15.9 Å². The summed E-state index contributed by atoms with van der Waals surface area (Å²) in [6, 6.07) is 6.46.